The highest BCUT2D eigenvalue weighted by Gasteiger charge is 2.16. The fraction of sp³-hybridized carbons (Fsp3) is 0.318. The van der Waals surface area contributed by atoms with Crippen molar-refractivity contribution in [1.82, 2.24) is 0 Å². The van der Waals surface area contributed by atoms with Crippen LogP contribution in [0.2, 0.25) is 0 Å². The van der Waals surface area contributed by atoms with E-state index in [2.05, 4.69) is 48.8 Å². The third-order valence-corrected chi connectivity index (χ3v) is 4.77. The van der Waals surface area contributed by atoms with Gasteiger partial charge in [-0.2, -0.15) is 0 Å². The molecule has 138 valence electrons. The molecule has 0 radical (unpaired) electrons. The fourth-order valence-electron chi connectivity index (χ4n) is 2.65. The van der Waals surface area contributed by atoms with Gasteiger partial charge in [-0.1, -0.05) is 48.8 Å². The number of hydrogen-bond donors (Lipinski definition) is 0. The molecule has 0 aromatic heterocycles. The number of ether oxygens (including phenoxy) is 1. The summed E-state index contributed by atoms with van der Waals surface area (Å²) in [4.78, 5) is 12.0. The van der Waals surface area contributed by atoms with Crippen molar-refractivity contribution in [2.75, 3.05) is 0 Å². The molecule has 0 unspecified atom stereocenters. The van der Waals surface area contributed by atoms with Crippen LogP contribution in [0.1, 0.15) is 48.6 Å². The van der Waals surface area contributed by atoms with Gasteiger partial charge in [0.1, 0.15) is 12.4 Å². The number of carbonyl (C=O) groups is 1. The zero-order valence-corrected chi connectivity index (χ0v) is 17.4. The molecular formula is C22H24BrFO2. The molecule has 4 heteroatoms. The summed E-state index contributed by atoms with van der Waals surface area (Å²) in [6.45, 7) is 10.8. The molecule has 0 atom stereocenters. The van der Waals surface area contributed by atoms with Gasteiger partial charge in [0.25, 0.3) is 0 Å². The Hall–Kier alpha value is -1.94. The van der Waals surface area contributed by atoms with E-state index in [0.717, 1.165) is 21.2 Å². The maximum atomic E-state index is 13.7. The average Bonchev–Trinajstić information content (AvgIpc) is 2.54. The van der Waals surface area contributed by atoms with Gasteiger partial charge in [-0.15, -0.1) is 0 Å². The van der Waals surface area contributed by atoms with Gasteiger partial charge in [-0.3, -0.25) is 0 Å². The molecule has 2 aromatic rings. The summed E-state index contributed by atoms with van der Waals surface area (Å²) >= 11 is 3.28. The second kappa shape index (κ2) is 8.17. The highest BCUT2D eigenvalue weighted by Crippen LogP contribution is 2.27. The lowest BCUT2D eigenvalue weighted by atomic mass is 9.84. The highest BCUT2D eigenvalue weighted by molar-refractivity contribution is 9.10. The molecule has 0 aliphatic carbocycles. The Balaban J connectivity index is 2.08. The first kappa shape index (κ1) is 20.4. The Morgan fingerprint density at radius 1 is 1.15 bits per heavy atom. The number of esters is 1. The minimum absolute atomic E-state index is 0.0709. The zero-order chi connectivity index (χ0) is 19.5. The van der Waals surface area contributed by atoms with Crippen LogP contribution in [0, 0.1) is 19.7 Å². The summed E-state index contributed by atoms with van der Waals surface area (Å²) < 4.78 is 19.8. The molecule has 0 heterocycles. The Morgan fingerprint density at radius 2 is 1.77 bits per heavy atom. The lowest BCUT2D eigenvalue weighted by molar-refractivity contribution is -0.138. The number of aryl methyl sites for hydroxylation is 2. The second-order valence-electron chi connectivity index (χ2n) is 7.45. The van der Waals surface area contributed by atoms with Gasteiger partial charge >= 0.3 is 5.97 Å². The summed E-state index contributed by atoms with van der Waals surface area (Å²) in [5, 5.41) is 0. The van der Waals surface area contributed by atoms with Gasteiger partial charge in [0.15, 0.2) is 0 Å². The quantitative estimate of drug-likeness (QED) is 0.432. The van der Waals surface area contributed by atoms with Gasteiger partial charge in [0, 0.05) is 16.1 Å². The molecule has 0 spiro atoms. The monoisotopic (exact) mass is 418 g/mol. The third kappa shape index (κ3) is 5.28. The summed E-state index contributed by atoms with van der Waals surface area (Å²) in [6.07, 6.45) is 2.67. The summed E-state index contributed by atoms with van der Waals surface area (Å²) in [5.41, 5.74) is 4.87. The first-order valence-electron chi connectivity index (χ1n) is 8.48. The minimum Gasteiger partial charge on any atom is -0.458 e. The van der Waals surface area contributed by atoms with Crippen LogP contribution >= 0.6 is 15.9 Å². The van der Waals surface area contributed by atoms with Crippen molar-refractivity contribution in [2.24, 2.45) is 0 Å². The van der Waals surface area contributed by atoms with E-state index in [9.17, 15) is 9.18 Å². The number of hydrogen-bond acceptors (Lipinski definition) is 2. The smallest absolute Gasteiger partial charge is 0.331 e. The number of rotatable bonds is 4. The van der Waals surface area contributed by atoms with Crippen molar-refractivity contribution in [3.8, 4) is 0 Å². The lowest BCUT2D eigenvalue weighted by Crippen LogP contribution is -2.13. The van der Waals surface area contributed by atoms with Crippen molar-refractivity contribution in [1.29, 1.82) is 0 Å². The Labute approximate surface area is 163 Å². The molecule has 0 fully saturated rings. The topological polar surface area (TPSA) is 26.3 Å². The normalized spacial score (nSPS) is 11.8. The number of carbonyl (C=O) groups excluding carboxylic acids is 1. The molecule has 0 bridgehead atoms. The van der Waals surface area contributed by atoms with Gasteiger partial charge in [-0.05, 0) is 65.8 Å². The summed E-state index contributed by atoms with van der Waals surface area (Å²) in [7, 11) is 0. The van der Waals surface area contributed by atoms with Crippen molar-refractivity contribution < 1.29 is 13.9 Å². The SMILES string of the molecule is Cc1cc(C(C)(C)C)cc(C)c1COC(=O)C=Cc1cc(Br)ccc1F. The molecule has 2 rings (SSSR count). The van der Waals surface area contributed by atoms with Gasteiger partial charge in [0.2, 0.25) is 0 Å². The summed E-state index contributed by atoms with van der Waals surface area (Å²) in [6, 6.07) is 8.85. The van der Waals surface area contributed by atoms with Crippen LogP contribution in [0.15, 0.2) is 40.9 Å². The average molecular weight is 419 g/mol. The maximum Gasteiger partial charge on any atom is 0.331 e. The fourth-order valence-corrected chi connectivity index (χ4v) is 3.02. The molecule has 0 aliphatic rings. The van der Waals surface area contributed by atoms with E-state index in [1.807, 2.05) is 13.8 Å². The maximum absolute atomic E-state index is 13.7. The predicted molar refractivity (Wildman–Crippen MR) is 108 cm³/mol. The van der Waals surface area contributed by atoms with Crippen molar-refractivity contribution in [3.05, 3.63) is 74.5 Å². The molecular weight excluding hydrogens is 395 g/mol. The van der Waals surface area contributed by atoms with Crippen LogP contribution in [0.5, 0.6) is 0 Å². The third-order valence-electron chi connectivity index (χ3n) is 4.28. The van der Waals surface area contributed by atoms with Crippen LogP contribution in [0.25, 0.3) is 6.08 Å². The number of halogens is 2. The van der Waals surface area contributed by atoms with Crippen molar-refractivity contribution in [3.63, 3.8) is 0 Å². The molecule has 0 amide bonds. The van der Waals surface area contributed by atoms with E-state index in [-0.39, 0.29) is 17.8 Å². The van der Waals surface area contributed by atoms with Crippen LogP contribution in [0.4, 0.5) is 4.39 Å². The molecule has 0 N–H and O–H groups in total. The second-order valence-corrected chi connectivity index (χ2v) is 8.36. The molecule has 26 heavy (non-hydrogen) atoms. The van der Waals surface area contributed by atoms with Gasteiger partial charge < -0.3 is 4.74 Å². The van der Waals surface area contributed by atoms with Crippen LogP contribution in [-0.4, -0.2) is 5.97 Å². The van der Waals surface area contributed by atoms with Crippen LogP contribution < -0.4 is 0 Å². The minimum atomic E-state index is -0.497. The van der Waals surface area contributed by atoms with Crippen LogP contribution in [-0.2, 0) is 21.6 Å². The van der Waals surface area contributed by atoms with Crippen LogP contribution in [0.3, 0.4) is 0 Å². The van der Waals surface area contributed by atoms with E-state index in [1.54, 1.807) is 12.1 Å². The summed E-state index contributed by atoms with van der Waals surface area (Å²) in [5.74, 6) is -0.884. The predicted octanol–water partition coefficient (Wildman–Crippen LogP) is 6.26. The van der Waals surface area contributed by atoms with E-state index in [1.165, 1.54) is 23.8 Å². The standard InChI is InChI=1S/C22H24BrFO2/c1-14-10-17(22(3,4)5)11-15(2)19(14)13-26-21(25)9-6-16-12-18(23)7-8-20(16)24/h6-12H,13H2,1-5H3. The molecule has 0 aliphatic heterocycles. The van der Waals surface area contributed by atoms with E-state index >= 15 is 0 Å². The Morgan fingerprint density at radius 3 is 2.35 bits per heavy atom. The van der Waals surface area contributed by atoms with Crippen molar-refractivity contribution in [2.45, 2.75) is 46.6 Å². The Bertz CT molecular complexity index is 825. The largest absolute Gasteiger partial charge is 0.458 e. The van der Waals surface area contributed by atoms with Crippen molar-refractivity contribution >= 4 is 28.0 Å². The number of benzene rings is 2. The van der Waals surface area contributed by atoms with E-state index in [0.29, 0.717) is 5.56 Å². The van der Waals surface area contributed by atoms with Gasteiger partial charge in [-0.25, -0.2) is 9.18 Å². The first-order chi connectivity index (χ1) is 12.1. The molecule has 2 nitrogen and oxygen atoms in total. The molecule has 0 saturated carbocycles. The zero-order valence-electron chi connectivity index (χ0n) is 15.8. The first-order valence-corrected chi connectivity index (χ1v) is 9.27. The molecule has 2 aromatic carbocycles. The van der Waals surface area contributed by atoms with E-state index < -0.39 is 5.97 Å². The molecule has 0 saturated heterocycles. The lowest BCUT2D eigenvalue weighted by Gasteiger charge is -2.22. The highest BCUT2D eigenvalue weighted by atomic mass is 79.9. The van der Waals surface area contributed by atoms with E-state index in [4.69, 9.17) is 4.74 Å². The Kier molecular flexibility index (Phi) is 6.40. The van der Waals surface area contributed by atoms with Gasteiger partial charge in [0.05, 0.1) is 0 Å².